The molecule has 4 aromatic rings. The molecule has 2 atom stereocenters. The van der Waals surface area contributed by atoms with E-state index in [1.165, 1.54) is 121 Å². The maximum atomic E-state index is 2.63. The van der Waals surface area contributed by atoms with Gasteiger partial charge in [0.15, 0.2) is 0 Å². The van der Waals surface area contributed by atoms with Gasteiger partial charge in [-0.3, -0.25) is 0 Å². The van der Waals surface area contributed by atoms with E-state index in [4.69, 9.17) is 0 Å². The summed E-state index contributed by atoms with van der Waals surface area (Å²) >= 11 is 0. The van der Waals surface area contributed by atoms with Crippen LogP contribution in [0.3, 0.4) is 0 Å². The lowest BCUT2D eigenvalue weighted by molar-refractivity contribution is 0.648. The summed E-state index contributed by atoms with van der Waals surface area (Å²) in [5.74, 6) is 1.22. The van der Waals surface area contributed by atoms with E-state index in [0.29, 0.717) is 11.8 Å². The van der Waals surface area contributed by atoms with Crippen LogP contribution in [0.15, 0.2) is 96.1 Å². The van der Waals surface area contributed by atoms with Crippen LogP contribution in [-0.4, -0.2) is 9.52 Å². The van der Waals surface area contributed by atoms with Gasteiger partial charge in [-0.05, 0) is 94.2 Å². The molecule has 49 heavy (non-hydrogen) atoms. The predicted octanol–water partition coefficient (Wildman–Crippen LogP) is 13.8. The summed E-state index contributed by atoms with van der Waals surface area (Å²) in [7, 11) is -0.305. The van der Waals surface area contributed by atoms with E-state index in [1.807, 2.05) is 0 Å². The molecule has 0 saturated carbocycles. The summed E-state index contributed by atoms with van der Waals surface area (Å²) in [5, 5.41) is 0. The van der Waals surface area contributed by atoms with Gasteiger partial charge in [-0.2, -0.15) is 0 Å². The van der Waals surface area contributed by atoms with Crippen LogP contribution in [0.1, 0.15) is 137 Å². The fourth-order valence-corrected chi connectivity index (χ4v) is 11.0. The number of allylic oxidation sites excluding steroid dienone is 2. The first-order valence-corrected chi connectivity index (χ1v) is 22.0. The molecular weight excluding hydrogens is 605 g/mol. The minimum atomic E-state index is -0.305. The van der Waals surface area contributed by atoms with Crippen molar-refractivity contribution in [2.24, 2.45) is 0 Å². The van der Waals surface area contributed by atoms with Gasteiger partial charge in [0.05, 0.1) is 0 Å². The van der Waals surface area contributed by atoms with Gasteiger partial charge in [-0.25, -0.2) is 0 Å². The van der Waals surface area contributed by atoms with Gasteiger partial charge in [-0.15, -0.1) is 0 Å². The molecule has 2 aliphatic carbocycles. The molecule has 2 aliphatic rings. The molecule has 0 aromatic heterocycles. The average molecular weight is 665 g/mol. The first kappa shape index (κ1) is 35.4. The molecule has 0 radical (unpaired) electrons. The number of fused-ring (bicyclic) bond motifs is 2. The molecule has 0 amide bonds. The normalized spacial score (nSPS) is 16.7. The van der Waals surface area contributed by atoms with Crippen LogP contribution in [0.2, 0.25) is 12.1 Å². The minimum Gasteiger partial charge on any atom is -0.0654 e. The summed E-state index contributed by atoms with van der Waals surface area (Å²) < 4.78 is 0. The number of benzene rings is 4. The molecule has 4 aromatic carbocycles. The third kappa shape index (κ3) is 8.32. The summed E-state index contributed by atoms with van der Waals surface area (Å²) in [6.07, 6.45) is 20.6. The largest absolute Gasteiger partial charge is 0.0654 e. The molecule has 0 bridgehead atoms. The number of aryl methyl sites for hydroxylation is 2. The van der Waals surface area contributed by atoms with Gasteiger partial charge in [0.2, 0.25) is 0 Å². The molecule has 0 spiro atoms. The minimum absolute atomic E-state index is 0.305. The highest BCUT2D eigenvalue weighted by atomic mass is 28.2. The number of unbranched alkanes of at least 4 members (excludes halogenated alkanes) is 6. The molecule has 0 fully saturated rings. The van der Waals surface area contributed by atoms with Gasteiger partial charge in [0, 0.05) is 21.4 Å². The fourth-order valence-electron chi connectivity index (χ4n) is 8.62. The quantitative estimate of drug-likeness (QED) is 0.0733. The van der Waals surface area contributed by atoms with Gasteiger partial charge in [0.25, 0.3) is 0 Å². The Hall–Kier alpha value is -3.42. The van der Waals surface area contributed by atoms with Gasteiger partial charge < -0.3 is 0 Å². The highest BCUT2D eigenvalue weighted by Gasteiger charge is 2.30. The molecule has 0 aliphatic heterocycles. The molecule has 256 valence electrons. The Labute approximate surface area is 301 Å². The Kier molecular flexibility index (Phi) is 12.6. The van der Waals surface area contributed by atoms with Crippen molar-refractivity contribution in [3.8, 4) is 22.3 Å². The van der Waals surface area contributed by atoms with E-state index < -0.39 is 0 Å². The molecule has 0 nitrogen and oxygen atoms in total. The molecular formula is C48H60Si. The van der Waals surface area contributed by atoms with Crippen LogP contribution in [0.5, 0.6) is 0 Å². The van der Waals surface area contributed by atoms with E-state index in [9.17, 15) is 0 Å². The van der Waals surface area contributed by atoms with Crippen molar-refractivity contribution in [3.63, 3.8) is 0 Å². The van der Waals surface area contributed by atoms with Crippen molar-refractivity contribution >= 4 is 21.7 Å². The molecule has 0 N–H and O–H groups in total. The Morgan fingerprint density at radius 1 is 0.469 bits per heavy atom. The first-order chi connectivity index (χ1) is 24.1. The lowest BCUT2D eigenvalue weighted by Gasteiger charge is -2.21. The fraction of sp³-hybridized carbons (Fsp3) is 0.417. The second-order valence-electron chi connectivity index (χ2n) is 14.8. The van der Waals surface area contributed by atoms with Crippen molar-refractivity contribution in [3.05, 3.63) is 129 Å². The van der Waals surface area contributed by atoms with Crippen LogP contribution < -0.4 is 0 Å². The maximum Gasteiger partial charge on any atom is 0.0218 e. The van der Waals surface area contributed by atoms with E-state index >= 15 is 0 Å². The van der Waals surface area contributed by atoms with Crippen LogP contribution in [-0.2, 0) is 12.8 Å². The smallest absolute Gasteiger partial charge is 0.0218 e. The average Bonchev–Trinajstić information content (AvgIpc) is 3.69. The van der Waals surface area contributed by atoms with Crippen molar-refractivity contribution < 1.29 is 0 Å². The van der Waals surface area contributed by atoms with Gasteiger partial charge in [-0.1, -0.05) is 187 Å². The monoisotopic (exact) mass is 664 g/mol. The molecule has 0 heterocycles. The Bertz CT molecular complexity index is 1590. The topological polar surface area (TPSA) is 0 Å². The van der Waals surface area contributed by atoms with Crippen molar-refractivity contribution in [2.75, 3.05) is 0 Å². The summed E-state index contributed by atoms with van der Waals surface area (Å²) in [6, 6.07) is 35.8. The third-order valence-electron chi connectivity index (χ3n) is 11.6. The molecule has 6 rings (SSSR count). The van der Waals surface area contributed by atoms with Crippen molar-refractivity contribution in [2.45, 2.75) is 129 Å². The van der Waals surface area contributed by atoms with Gasteiger partial charge in [0.1, 0.15) is 0 Å². The lowest BCUT2D eigenvalue weighted by atomic mass is 9.91. The Morgan fingerprint density at radius 3 is 1.29 bits per heavy atom. The number of rotatable bonds is 18. The summed E-state index contributed by atoms with van der Waals surface area (Å²) in [5.41, 5.74) is 18.1. The highest BCUT2D eigenvalue weighted by molar-refractivity contribution is 6.36. The number of hydrogen-bond acceptors (Lipinski definition) is 0. The lowest BCUT2D eigenvalue weighted by Crippen LogP contribution is -2.08. The predicted molar refractivity (Wildman–Crippen MR) is 220 cm³/mol. The van der Waals surface area contributed by atoms with Crippen LogP contribution in [0.4, 0.5) is 0 Å². The van der Waals surface area contributed by atoms with Crippen molar-refractivity contribution in [1.82, 2.24) is 0 Å². The Balaban J connectivity index is 1.24. The van der Waals surface area contributed by atoms with Gasteiger partial charge >= 0.3 is 0 Å². The van der Waals surface area contributed by atoms with Crippen LogP contribution in [0, 0.1) is 0 Å². The maximum absolute atomic E-state index is 2.63. The second-order valence-corrected chi connectivity index (χ2v) is 16.7. The second kappa shape index (κ2) is 17.5. The van der Waals surface area contributed by atoms with E-state index in [2.05, 4.69) is 125 Å². The highest BCUT2D eigenvalue weighted by Crippen LogP contribution is 2.48. The SMILES string of the molecule is CCCCCCC1=Cc2c(-c3ccc(CC)cc3)cccc2C1C[SiH2]CC1C(CCCCCC)=Cc2c(-c3ccc(CC)cc3)cccc21. The molecule has 2 unspecified atom stereocenters. The standard InChI is InChI=1S/C48H60Si/c1-5-9-11-13-17-39-31-45-41(37-27-23-35(7-3)24-28-37)19-15-21-43(45)47(39)33-49-34-48-40(18-14-12-10-6-2)32-46-42(20-16-22-44(46)48)38-29-25-36(8-4)26-30-38/h15-16,19-32,47-48H,5-14,17-18,33-34,49H2,1-4H3. The third-order valence-corrected chi connectivity index (χ3v) is 13.5. The van der Waals surface area contributed by atoms with E-state index in [0.717, 1.165) is 12.8 Å². The zero-order chi connectivity index (χ0) is 34.0. The summed E-state index contributed by atoms with van der Waals surface area (Å²) in [6.45, 7) is 9.15. The Morgan fingerprint density at radius 2 is 0.898 bits per heavy atom. The van der Waals surface area contributed by atoms with Crippen LogP contribution in [0.25, 0.3) is 34.4 Å². The molecule has 1 heteroatoms. The summed E-state index contributed by atoms with van der Waals surface area (Å²) in [4.78, 5) is 0. The number of hydrogen-bond donors (Lipinski definition) is 0. The first-order valence-electron chi connectivity index (χ1n) is 20.0. The van der Waals surface area contributed by atoms with Crippen LogP contribution >= 0.6 is 0 Å². The van der Waals surface area contributed by atoms with E-state index in [1.54, 1.807) is 22.3 Å². The zero-order valence-electron chi connectivity index (χ0n) is 31.0. The molecule has 0 saturated heterocycles. The van der Waals surface area contributed by atoms with E-state index in [-0.39, 0.29) is 9.52 Å². The zero-order valence-corrected chi connectivity index (χ0v) is 32.4. The van der Waals surface area contributed by atoms with Crippen molar-refractivity contribution in [1.29, 1.82) is 0 Å².